The molecule has 0 heterocycles. The monoisotopic (exact) mass is 178 g/mol. The number of hydrogen-bond donors (Lipinski definition) is 0. The van der Waals surface area contributed by atoms with Gasteiger partial charge in [0.2, 0.25) is 0 Å². The quantitative estimate of drug-likeness (QED) is 0.525. The summed E-state index contributed by atoms with van der Waals surface area (Å²) in [5.41, 5.74) is 3.74. The van der Waals surface area contributed by atoms with E-state index >= 15 is 0 Å². The first kappa shape index (κ1) is 9.30. The lowest BCUT2D eigenvalue weighted by Gasteiger charge is -2.34. The second-order valence-electron chi connectivity index (χ2n) is 5.08. The van der Waals surface area contributed by atoms with Gasteiger partial charge in [0.05, 0.1) is 0 Å². The van der Waals surface area contributed by atoms with Gasteiger partial charge in [-0.1, -0.05) is 25.0 Å². The summed E-state index contributed by atoms with van der Waals surface area (Å²) in [6.07, 6.45) is 10.1. The first-order valence-corrected chi connectivity index (χ1v) is 6.00. The number of allylic oxidation sites excluding steroid dienone is 2. The van der Waals surface area contributed by atoms with E-state index in [1.165, 1.54) is 44.9 Å². The maximum Gasteiger partial charge on any atom is -0.0177 e. The molecule has 1 atom stereocenters. The van der Waals surface area contributed by atoms with E-state index in [0.717, 1.165) is 11.8 Å². The minimum absolute atomic E-state index is 0.878. The molecule has 2 aliphatic rings. The van der Waals surface area contributed by atoms with Gasteiger partial charge in [0.25, 0.3) is 0 Å². The van der Waals surface area contributed by atoms with Gasteiger partial charge in [-0.3, -0.25) is 0 Å². The van der Waals surface area contributed by atoms with Gasteiger partial charge < -0.3 is 0 Å². The lowest BCUT2D eigenvalue weighted by atomic mass is 9.72. The van der Waals surface area contributed by atoms with E-state index in [1.54, 1.807) is 0 Å². The Hall–Kier alpha value is -0.260. The van der Waals surface area contributed by atoms with Crippen LogP contribution in [0, 0.1) is 11.8 Å². The molecule has 0 bridgehead atoms. The highest BCUT2D eigenvalue weighted by atomic mass is 14.3. The Labute approximate surface area is 82.4 Å². The highest BCUT2D eigenvalue weighted by Crippen LogP contribution is 2.41. The molecule has 0 amide bonds. The molecule has 0 radical (unpaired) electrons. The standard InChI is InChI=1S/C13H22/c1-10(2)12-9-5-7-11-6-3-4-8-13(11)12/h10,12H,3-9H2,1-2H3. The molecule has 74 valence electrons. The van der Waals surface area contributed by atoms with E-state index in [4.69, 9.17) is 0 Å². The van der Waals surface area contributed by atoms with Crippen molar-refractivity contribution in [3.8, 4) is 0 Å². The van der Waals surface area contributed by atoms with Gasteiger partial charge in [-0.15, -0.1) is 0 Å². The van der Waals surface area contributed by atoms with Crippen LogP contribution in [-0.2, 0) is 0 Å². The fourth-order valence-corrected chi connectivity index (χ4v) is 3.17. The van der Waals surface area contributed by atoms with Gasteiger partial charge in [0.15, 0.2) is 0 Å². The SMILES string of the molecule is CC(C)C1CCCC2=C1CCCC2. The lowest BCUT2D eigenvalue weighted by molar-refractivity contribution is 0.355. The molecular formula is C13H22. The molecular weight excluding hydrogens is 156 g/mol. The van der Waals surface area contributed by atoms with E-state index in [1.807, 2.05) is 11.1 Å². The van der Waals surface area contributed by atoms with E-state index in [9.17, 15) is 0 Å². The van der Waals surface area contributed by atoms with Gasteiger partial charge in [-0.2, -0.15) is 0 Å². The van der Waals surface area contributed by atoms with Crippen LogP contribution in [0.4, 0.5) is 0 Å². The summed E-state index contributed by atoms with van der Waals surface area (Å²) in [6.45, 7) is 4.80. The van der Waals surface area contributed by atoms with Crippen LogP contribution < -0.4 is 0 Å². The van der Waals surface area contributed by atoms with Gasteiger partial charge in [0.1, 0.15) is 0 Å². The smallest absolute Gasteiger partial charge is 0.0177 e. The van der Waals surface area contributed by atoms with Crippen molar-refractivity contribution < 1.29 is 0 Å². The molecule has 2 aliphatic carbocycles. The van der Waals surface area contributed by atoms with E-state index in [2.05, 4.69) is 13.8 Å². The van der Waals surface area contributed by atoms with E-state index in [0.29, 0.717) is 0 Å². The largest absolute Gasteiger partial charge is 0.0707 e. The fraction of sp³-hybridized carbons (Fsp3) is 0.846. The molecule has 0 aromatic heterocycles. The van der Waals surface area contributed by atoms with Crippen LogP contribution in [0.5, 0.6) is 0 Å². The Morgan fingerprint density at radius 2 is 1.69 bits per heavy atom. The molecule has 0 aliphatic heterocycles. The number of rotatable bonds is 1. The van der Waals surface area contributed by atoms with Crippen LogP contribution in [-0.4, -0.2) is 0 Å². The molecule has 0 fully saturated rings. The predicted molar refractivity (Wildman–Crippen MR) is 57.7 cm³/mol. The van der Waals surface area contributed by atoms with Crippen LogP contribution >= 0.6 is 0 Å². The fourth-order valence-electron chi connectivity index (χ4n) is 3.17. The summed E-state index contributed by atoms with van der Waals surface area (Å²) in [7, 11) is 0. The van der Waals surface area contributed by atoms with Gasteiger partial charge in [0, 0.05) is 0 Å². The average molecular weight is 178 g/mol. The minimum Gasteiger partial charge on any atom is -0.0707 e. The maximum atomic E-state index is 2.40. The van der Waals surface area contributed by atoms with Crippen LogP contribution in [0.1, 0.15) is 58.8 Å². The van der Waals surface area contributed by atoms with Crippen LogP contribution in [0.15, 0.2) is 11.1 Å². The van der Waals surface area contributed by atoms with Crippen molar-refractivity contribution in [3.05, 3.63) is 11.1 Å². The normalized spacial score (nSPS) is 29.3. The second kappa shape index (κ2) is 3.86. The molecule has 0 spiro atoms. The molecule has 0 N–H and O–H groups in total. The predicted octanol–water partition coefficient (Wildman–Crippen LogP) is 4.31. The Morgan fingerprint density at radius 1 is 1.00 bits per heavy atom. The van der Waals surface area contributed by atoms with Gasteiger partial charge >= 0.3 is 0 Å². The van der Waals surface area contributed by atoms with Crippen LogP contribution in [0.3, 0.4) is 0 Å². The van der Waals surface area contributed by atoms with Crippen molar-refractivity contribution in [1.29, 1.82) is 0 Å². The summed E-state index contributed by atoms with van der Waals surface area (Å²) in [4.78, 5) is 0. The van der Waals surface area contributed by atoms with Gasteiger partial charge in [-0.25, -0.2) is 0 Å². The molecule has 0 aromatic carbocycles. The Bertz CT molecular complexity index is 206. The Morgan fingerprint density at radius 3 is 2.46 bits per heavy atom. The summed E-state index contributed by atoms with van der Waals surface area (Å²) in [6, 6.07) is 0. The zero-order chi connectivity index (χ0) is 9.26. The Kier molecular flexibility index (Phi) is 2.76. The molecule has 0 aromatic rings. The van der Waals surface area contributed by atoms with Crippen molar-refractivity contribution >= 4 is 0 Å². The summed E-state index contributed by atoms with van der Waals surface area (Å²) in [5.74, 6) is 1.83. The number of hydrogen-bond acceptors (Lipinski definition) is 0. The first-order chi connectivity index (χ1) is 6.29. The molecule has 0 heteroatoms. The van der Waals surface area contributed by atoms with Crippen molar-refractivity contribution in [2.75, 3.05) is 0 Å². The van der Waals surface area contributed by atoms with Crippen LogP contribution in [0.2, 0.25) is 0 Å². The Balaban J connectivity index is 2.20. The average Bonchev–Trinajstić information content (AvgIpc) is 2.17. The third-order valence-corrected chi connectivity index (χ3v) is 3.87. The summed E-state index contributed by atoms with van der Waals surface area (Å²) < 4.78 is 0. The van der Waals surface area contributed by atoms with E-state index in [-0.39, 0.29) is 0 Å². The lowest BCUT2D eigenvalue weighted by Crippen LogP contribution is -2.19. The summed E-state index contributed by atoms with van der Waals surface area (Å²) >= 11 is 0. The minimum atomic E-state index is 0.878. The molecule has 0 nitrogen and oxygen atoms in total. The molecule has 2 rings (SSSR count). The van der Waals surface area contributed by atoms with Crippen molar-refractivity contribution in [1.82, 2.24) is 0 Å². The first-order valence-electron chi connectivity index (χ1n) is 6.00. The molecule has 0 saturated heterocycles. The van der Waals surface area contributed by atoms with Crippen molar-refractivity contribution in [2.45, 2.75) is 58.8 Å². The highest BCUT2D eigenvalue weighted by Gasteiger charge is 2.26. The zero-order valence-corrected chi connectivity index (χ0v) is 9.10. The highest BCUT2D eigenvalue weighted by molar-refractivity contribution is 5.22. The molecule has 13 heavy (non-hydrogen) atoms. The molecule has 0 saturated carbocycles. The third kappa shape index (κ3) is 1.82. The van der Waals surface area contributed by atoms with Crippen molar-refractivity contribution in [3.63, 3.8) is 0 Å². The van der Waals surface area contributed by atoms with Crippen molar-refractivity contribution in [2.24, 2.45) is 11.8 Å². The van der Waals surface area contributed by atoms with E-state index < -0.39 is 0 Å². The third-order valence-electron chi connectivity index (χ3n) is 3.87. The maximum absolute atomic E-state index is 2.40. The van der Waals surface area contributed by atoms with Gasteiger partial charge in [-0.05, 0) is 56.8 Å². The second-order valence-corrected chi connectivity index (χ2v) is 5.08. The van der Waals surface area contributed by atoms with Crippen LogP contribution in [0.25, 0.3) is 0 Å². The topological polar surface area (TPSA) is 0 Å². The summed E-state index contributed by atoms with van der Waals surface area (Å²) in [5, 5.41) is 0. The molecule has 1 unspecified atom stereocenters. The zero-order valence-electron chi connectivity index (χ0n) is 9.10.